The first-order valence-electron chi connectivity index (χ1n) is 7.13. The first kappa shape index (κ1) is 13.9. The highest BCUT2D eigenvalue weighted by Gasteiger charge is 2.37. The summed E-state index contributed by atoms with van der Waals surface area (Å²) in [6.45, 7) is 12.3. The maximum absolute atomic E-state index is 6.32. The average Bonchev–Trinajstić information content (AvgIpc) is 2.68. The molecule has 0 aromatic carbocycles. The molecule has 0 unspecified atom stereocenters. The van der Waals surface area contributed by atoms with Crippen molar-refractivity contribution in [1.82, 2.24) is 4.98 Å². The summed E-state index contributed by atoms with van der Waals surface area (Å²) in [6, 6.07) is 0. The van der Waals surface area contributed by atoms with Crippen LogP contribution in [0.3, 0.4) is 0 Å². The minimum atomic E-state index is -1.62. The monoisotopic (exact) mass is 265 g/mol. The molecule has 18 heavy (non-hydrogen) atoms. The fraction of sp³-hybridized carbons (Fsp3) is 0.733. The Morgan fingerprint density at radius 2 is 1.89 bits per heavy atom. The molecule has 1 N–H and O–H groups in total. The standard InChI is InChI=1S/C15H27NOSi/c1-15(2,3)18(4,5)17-11-12-10-16-14-9-7-6-8-13(12)14/h10,16H,6-9,11H2,1-5H3. The smallest absolute Gasteiger partial charge is 0.192 e. The van der Waals surface area contributed by atoms with Crippen LogP contribution in [0.25, 0.3) is 0 Å². The first-order valence-corrected chi connectivity index (χ1v) is 10.0. The number of aryl methyl sites for hydroxylation is 1. The molecule has 1 aliphatic rings. The summed E-state index contributed by atoms with van der Waals surface area (Å²) >= 11 is 0. The number of aromatic nitrogens is 1. The lowest BCUT2D eigenvalue weighted by atomic mass is 9.95. The Kier molecular flexibility index (Phi) is 3.74. The van der Waals surface area contributed by atoms with E-state index < -0.39 is 8.32 Å². The summed E-state index contributed by atoms with van der Waals surface area (Å²) in [5, 5.41) is 0.295. The van der Waals surface area contributed by atoms with Crippen molar-refractivity contribution >= 4 is 8.32 Å². The minimum absolute atomic E-state index is 0.295. The van der Waals surface area contributed by atoms with E-state index in [9.17, 15) is 0 Å². The second-order valence-electron chi connectivity index (χ2n) is 7.03. The van der Waals surface area contributed by atoms with E-state index >= 15 is 0 Å². The molecule has 102 valence electrons. The van der Waals surface area contributed by atoms with E-state index in [1.165, 1.54) is 36.9 Å². The molecule has 0 spiro atoms. The van der Waals surface area contributed by atoms with Gasteiger partial charge in [0.25, 0.3) is 0 Å². The van der Waals surface area contributed by atoms with Crippen LogP contribution in [-0.4, -0.2) is 13.3 Å². The van der Waals surface area contributed by atoms with Crippen LogP contribution in [0.1, 0.15) is 50.4 Å². The van der Waals surface area contributed by atoms with Crippen LogP contribution >= 0.6 is 0 Å². The molecule has 2 rings (SSSR count). The maximum Gasteiger partial charge on any atom is 0.192 e. The Hall–Kier alpha value is -0.543. The predicted molar refractivity (Wildman–Crippen MR) is 79.4 cm³/mol. The van der Waals surface area contributed by atoms with Crippen molar-refractivity contribution in [2.24, 2.45) is 0 Å². The van der Waals surface area contributed by atoms with Gasteiger partial charge in [0.15, 0.2) is 8.32 Å². The zero-order valence-electron chi connectivity index (χ0n) is 12.5. The van der Waals surface area contributed by atoms with Gasteiger partial charge in [-0.25, -0.2) is 0 Å². The van der Waals surface area contributed by atoms with Crippen LogP contribution < -0.4 is 0 Å². The SMILES string of the molecule is CC(C)(C)[Si](C)(C)OCc1c[nH]c2c1CCCC2. The number of rotatable bonds is 3. The van der Waals surface area contributed by atoms with E-state index in [0.29, 0.717) is 5.04 Å². The summed E-state index contributed by atoms with van der Waals surface area (Å²) in [6.07, 6.45) is 7.28. The molecule has 0 atom stereocenters. The third kappa shape index (κ3) is 2.72. The van der Waals surface area contributed by atoms with Gasteiger partial charge in [0.05, 0.1) is 6.61 Å². The van der Waals surface area contributed by atoms with E-state index in [4.69, 9.17) is 4.43 Å². The number of H-pyrrole nitrogens is 1. The minimum Gasteiger partial charge on any atom is -0.412 e. The van der Waals surface area contributed by atoms with Crippen molar-refractivity contribution in [3.05, 3.63) is 23.0 Å². The van der Waals surface area contributed by atoms with Gasteiger partial charge in [-0.05, 0) is 54.9 Å². The molecule has 1 aliphatic carbocycles. The largest absolute Gasteiger partial charge is 0.412 e. The molecule has 0 bridgehead atoms. The molecular formula is C15H27NOSi. The summed E-state index contributed by atoms with van der Waals surface area (Å²) in [5.74, 6) is 0. The molecule has 1 aromatic heterocycles. The normalized spacial score (nSPS) is 16.7. The lowest BCUT2D eigenvalue weighted by molar-refractivity contribution is 0.275. The van der Waals surface area contributed by atoms with Gasteiger partial charge in [0.1, 0.15) is 0 Å². The number of hydrogen-bond acceptors (Lipinski definition) is 1. The average molecular weight is 265 g/mol. The molecule has 2 nitrogen and oxygen atoms in total. The quantitative estimate of drug-likeness (QED) is 0.804. The molecule has 1 heterocycles. The van der Waals surface area contributed by atoms with Crippen molar-refractivity contribution in [3.63, 3.8) is 0 Å². The van der Waals surface area contributed by atoms with Crippen molar-refractivity contribution in [1.29, 1.82) is 0 Å². The lowest BCUT2D eigenvalue weighted by Crippen LogP contribution is -2.40. The van der Waals surface area contributed by atoms with Gasteiger partial charge in [0.2, 0.25) is 0 Å². The third-order valence-electron chi connectivity index (χ3n) is 4.67. The molecule has 1 aromatic rings. The molecular weight excluding hydrogens is 238 g/mol. The summed E-state index contributed by atoms with van der Waals surface area (Å²) in [4.78, 5) is 3.44. The van der Waals surface area contributed by atoms with E-state index in [-0.39, 0.29) is 0 Å². The second-order valence-corrected chi connectivity index (χ2v) is 11.8. The van der Waals surface area contributed by atoms with Crippen molar-refractivity contribution < 1.29 is 4.43 Å². The number of nitrogens with one attached hydrogen (secondary N) is 1. The van der Waals surface area contributed by atoms with Crippen LogP contribution in [0.5, 0.6) is 0 Å². The fourth-order valence-electron chi connectivity index (χ4n) is 2.28. The summed E-state index contributed by atoms with van der Waals surface area (Å²) in [7, 11) is -1.62. The Morgan fingerprint density at radius 3 is 2.56 bits per heavy atom. The first-order chi connectivity index (χ1) is 8.31. The highest BCUT2D eigenvalue weighted by atomic mass is 28.4. The molecule has 0 saturated carbocycles. The van der Waals surface area contributed by atoms with Gasteiger partial charge in [-0.2, -0.15) is 0 Å². The van der Waals surface area contributed by atoms with Gasteiger partial charge < -0.3 is 9.41 Å². The topological polar surface area (TPSA) is 25.0 Å². The molecule has 0 fully saturated rings. The van der Waals surface area contributed by atoms with Crippen molar-refractivity contribution in [3.8, 4) is 0 Å². The lowest BCUT2D eigenvalue weighted by Gasteiger charge is -2.36. The number of hydrogen-bond donors (Lipinski definition) is 1. The number of fused-ring (bicyclic) bond motifs is 1. The Morgan fingerprint density at radius 1 is 1.22 bits per heavy atom. The van der Waals surface area contributed by atoms with Gasteiger partial charge >= 0.3 is 0 Å². The molecule has 0 saturated heterocycles. The fourth-order valence-corrected chi connectivity index (χ4v) is 3.23. The molecule has 3 heteroatoms. The summed E-state index contributed by atoms with van der Waals surface area (Å²) < 4.78 is 6.32. The van der Waals surface area contributed by atoms with Gasteiger partial charge in [0, 0.05) is 11.9 Å². The van der Waals surface area contributed by atoms with E-state index in [1.807, 2.05) is 0 Å². The second kappa shape index (κ2) is 4.86. The van der Waals surface area contributed by atoms with Crippen LogP contribution in [0.4, 0.5) is 0 Å². The van der Waals surface area contributed by atoms with Gasteiger partial charge in [-0.3, -0.25) is 0 Å². The van der Waals surface area contributed by atoms with Crippen LogP contribution in [0.15, 0.2) is 6.20 Å². The highest BCUT2D eigenvalue weighted by molar-refractivity contribution is 6.74. The molecule has 0 aliphatic heterocycles. The zero-order chi connectivity index (χ0) is 13.4. The van der Waals surface area contributed by atoms with Crippen molar-refractivity contribution in [2.75, 3.05) is 0 Å². The van der Waals surface area contributed by atoms with Crippen LogP contribution in [0, 0.1) is 0 Å². The molecule has 0 radical (unpaired) electrons. The van der Waals surface area contributed by atoms with E-state index in [1.54, 1.807) is 5.56 Å². The van der Waals surface area contributed by atoms with E-state index in [2.05, 4.69) is 45.0 Å². The predicted octanol–water partition coefficient (Wildman–Crippen LogP) is 4.42. The Balaban J connectivity index is 2.05. The maximum atomic E-state index is 6.32. The summed E-state index contributed by atoms with van der Waals surface area (Å²) in [5.41, 5.74) is 4.39. The van der Waals surface area contributed by atoms with Gasteiger partial charge in [-0.15, -0.1) is 0 Å². The Labute approximate surface area is 112 Å². The zero-order valence-corrected chi connectivity index (χ0v) is 13.5. The number of aromatic amines is 1. The highest BCUT2D eigenvalue weighted by Crippen LogP contribution is 2.37. The van der Waals surface area contributed by atoms with E-state index in [0.717, 1.165) is 6.61 Å². The van der Waals surface area contributed by atoms with Crippen LogP contribution in [-0.2, 0) is 23.9 Å². The molecule has 0 amide bonds. The van der Waals surface area contributed by atoms with Gasteiger partial charge in [-0.1, -0.05) is 20.8 Å². The van der Waals surface area contributed by atoms with Crippen molar-refractivity contribution in [2.45, 2.75) is 71.2 Å². The third-order valence-corrected chi connectivity index (χ3v) is 9.15. The van der Waals surface area contributed by atoms with Crippen LogP contribution in [0.2, 0.25) is 18.1 Å². The Bertz CT molecular complexity index is 415.